The number of anilines is 2. The number of aromatic carboxylic acids is 1. The lowest BCUT2D eigenvalue weighted by atomic mass is 10.2. The summed E-state index contributed by atoms with van der Waals surface area (Å²) in [6, 6.07) is 13.8. The summed E-state index contributed by atoms with van der Waals surface area (Å²) < 4.78 is 0. The Bertz CT molecular complexity index is 836. The molecule has 6 heteroatoms. The molecule has 2 N–H and O–H groups in total. The van der Waals surface area contributed by atoms with E-state index >= 15 is 0 Å². The number of nitrogens with zero attached hydrogens (tertiary/aromatic N) is 2. The maximum absolute atomic E-state index is 11.0. The molecule has 0 radical (unpaired) electrons. The predicted octanol–water partition coefficient (Wildman–Crippen LogP) is 3.73. The maximum Gasteiger partial charge on any atom is 0.335 e. The van der Waals surface area contributed by atoms with Gasteiger partial charge in [0.1, 0.15) is 0 Å². The molecular weight excluding hydrogens is 290 g/mol. The second-order valence-corrected chi connectivity index (χ2v) is 4.72. The Kier molecular flexibility index (Phi) is 3.41. The average Bonchev–Trinajstić information content (AvgIpc) is 2.48. The minimum Gasteiger partial charge on any atom is -0.478 e. The molecule has 0 aliphatic heterocycles. The number of rotatable bonds is 3. The number of benzene rings is 2. The molecule has 0 bridgehead atoms. The lowest BCUT2D eigenvalue weighted by molar-refractivity contribution is 0.0697. The molecule has 1 aromatic heterocycles. The number of halogens is 1. The van der Waals surface area contributed by atoms with E-state index in [2.05, 4.69) is 15.3 Å². The van der Waals surface area contributed by atoms with Gasteiger partial charge in [0.15, 0.2) is 11.0 Å². The zero-order valence-electron chi connectivity index (χ0n) is 10.7. The van der Waals surface area contributed by atoms with Crippen LogP contribution in [-0.2, 0) is 0 Å². The van der Waals surface area contributed by atoms with Crippen LogP contribution in [0.1, 0.15) is 10.4 Å². The number of carbonyl (C=O) groups is 1. The molecule has 21 heavy (non-hydrogen) atoms. The molecule has 5 nitrogen and oxygen atoms in total. The van der Waals surface area contributed by atoms with Gasteiger partial charge in [0, 0.05) is 5.69 Å². The highest BCUT2D eigenvalue weighted by Gasteiger charge is 2.08. The number of nitrogens with one attached hydrogen (secondary N) is 1. The number of para-hydroxylation sites is 2. The largest absolute Gasteiger partial charge is 0.478 e. The van der Waals surface area contributed by atoms with Crippen molar-refractivity contribution in [2.24, 2.45) is 0 Å². The monoisotopic (exact) mass is 299 g/mol. The molecule has 0 atom stereocenters. The van der Waals surface area contributed by atoms with E-state index in [4.69, 9.17) is 16.7 Å². The van der Waals surface area contributed by atoms with Crippen LogP contribution in [0, 0.1) is 0 Å². The van der Waals surface area contributed by atoms with E-state index in [1.54, 1.807) is 12.1 Å². The summed E-state index contributed by atoms with van der Waals surface area (Å²) in [5, 5.41) is 12.2. The van der Waals surface area contributed by atoms with E-state index in [-0.39, 0.29) is 10.7 Å². The lowest BCUT2D eigenvalue weighted by Gasteiger charge is -2.08. The summed E-state index contributed by atoms with van der Waals surface area (Å²) in [6.45, 7) is 0. The average molecular weight is 300 g/mol. The minimum atomic E-state index is -0.991. The number of fused-ring (bicyclic) bond motifs is 1. The number of carboxylic acid groups (broad SMARTS) is 1. The molecule has 3 aromatic rings. The molecule has 104 valence electrons. The highest BCUT2D eigenvalue weighted by molar-refractivity contribution is 6.32. The normalized spacial score (nSPS) is 10.5. The van der Waals surface area contributed by atoms with Crippen molar-refractivity contribution in [1.29, 1.82) is 0 Å². The quantitative estimate of drug-likeness (QED) is 0.771. The first-order valence-corrected chi connectivity index (χ1v) is 6.54. The van der Waals surface area contributed by atoms with Crippen LogP contribution in [0.15, 0.2) is 48.5 Å². The van der Waals surface area contributed by atoms with E-state index in [1.165, 1.54) is 12.1 Å². The van der Waals surface area contributed by atoms with Crippen LogP contribution >= 0.6 is 11.6 Å². The third kappa shape index (κ3) is 2.78. The molecule has 0 saturated heterocycles. The molecule has 0 fully saturated rings. The highest BCUT2D eigenvalue weighted by Crippen LogP contribution is 2.24. The molecule has 0 amide bonds. The first kappa shape index (κ1) is 13.3. The van der Waals surface area contributed by atoms with Crippen molar-refractivity contribution in [2.75, 3.05) is 5.32 Å². The van der Waals surface area contributed by atoms with Crippen molar-refractivity contribution in [3.05, 3.63) is 59.2 Å². The van der Waals surface area contributed by atoms with E-state index < -0.39 is 5.97 Å². The van der Waals surface area contributed by atoms with Crippen LogP contribution in [0.2, 0.25) is 5.15 Å². The molecule has 0 aliphatic carbocycles. The second kappa shape index (κ2) is 5.38. The van der Waals surface area contributed by atoms with Gasteiger partial charge in [0.2, 0.25) is 0 Å². The first-order valence-electron chi connectivity index (χ1n) is 6.16. The van der Waals surface area contributed by atoms with E-state index in [0.29, 0.717) is 22.5 Å². The Morgan fingerprint density at radius 1 is 1.05 bits per heavy atom. The van der Waals surface area contributed by atoms with Crippen molar-refractivity contribution < 1.29 is 9.90 Å². The molecule has 0 spiro atoms. The van der Waals surface area contributed by atoms with Crippen molar-refractivity contribution in [3.8, 4) is 0 Å². The van der Waals surface area contributed by atoms with Crippen LogP contribution in [0.4, 0.5) is 11.5 Å². The maximum atomic E-state index is 11.0. The summed E-state index contributed by atoms with van der Waals surface area (Å²) >= 11 is 6.10. The molecule has 0 unspecified atom stereocenters. The number of hydrogen-bond acceptors (Lipinski definition) is 4. The van der Waals surface area contributed by atoms with Crippen LogP contribution < -0.4 is 5.32 Å². The SMILES string of the molecule is O=C(O)c1cccc(Nc2nc3ccccc3nc2Cl)c1. The Morgan fingerprint density at radius 3 is 2.48 bits per heavy atom. The summed E-state index contributed by atoms with van der Waals surface area (Å²) in [5.74, 6) is -0.604. The fourth-order valence-corrected chi connectivity index (χ4v) is 2.11. The van der Waals surface area contributed by atoms with Crippen LogP contribution in [0.5, 0.6) is 0 Å². The van der Waals surface area contributed by atoms with Crippen molar-refractivity contribution >= 4 is 40.1 Å². The molecule has 0 saturated carbocycles. The minimum absolute atomic E-state index is 0.185. The van der Waals surface area contributed by atoms with Gasteiger partial charge in [-0.3, -0.25) is 0 Å². The van der Waals surface area contributed by atoms with Crippen LogP contribution in [0.3, 0.4) is 0 Å². The Labute approximate surface area is 125 Å². The van der Waals surface area contributed by atoms with Gasteiger partial charge in [-0.25, -0.2) is 14.8 Å². The molecule has 2 aromatic carbocycles. The van der Waals surface area contributed by atoms with Crippen molar-refractivity contribution in [3.63, 3.8) is 0 Å². The number of aromatic nitrogens is 2. The van der Waals surface area contributed by atoms with Crippen LogP contribution in [-0.4, -0.2) is 21.0 Å². The first-order chi connectivity index (χ1) is 10.1. The van der Waals surface area contributed by atoms with Gasteiger partial charge >= 0.3 is 5.97 Å². The summed E-state index contributed by atoms with van der Waals surface area (Å²) in [5.41, 5.74) is 2.18. The zero-order valence-corrected chi connectivity index (χ0v) is 11.5. The van der Waals surface area contributed by atoms with Gasteiger partial charge in [-0.2, -0.15) is 0 Å². The molecule has 3 rings (SSSR count). The number of hydrogen-bond donors (Lipinski definition) is 2. The van der Waals surface area contributed by atoms with Gasteiger partial charge in [-0.1, -0.05) is 29.8 Å². The van der Waals surface area contributed by atoms with Crippen molar-refractivity contribution in [2.45, 2.75) is 0 Å². The lowest BCUT2D eigenvalue weighted by Crippen LogP contribution is -2.00. The fourth-order valence-electron chi connectivity index (χ4n) is 1.92. The smallest absolute Gasteiger partial charge is 0.335 e. The Hall–Kier alpha value is -2.66. The molecule has 0 aliphatic rings. The number of carboxylic acids is 1. The summed E-state index contributed by atoms with van der Waals surface area (Å²) in [6.07, 6.45) is 0. The van der Waals surface area contributed by atoms with E-state index in [0.717, 1.165) is 0 Å². The second-order valence-electron chi connectivity index (χ2n) is 4.36. The predicted molar refractivity (Wildman–Crippen MR) is 81.2 cm³/mol. The van der Waals surface area contributed by atoms with Crippen molar-refractivity contribution in [1.82, 2.24) is 9.97 Å². The van der Waals surface area contributed by atoms with Gasteiger partial charge in [-0.15, -0.1) is 0 Å². The van der Waals surface area contributed by atoms with Gasteiger partial charge in [-0.05, 0) is 30.3 Å². The molecular formula is C15H10ClN3O2. The summed E-state index contributed by atoms with van der Waals surface area (Å²) in [4.78, 5) is 19.6. The Morgan fingerprint density at radius 2 is 1.76 bits per heavy atom. The fraction of sp³-hybridized carbons (Fsp3) is 0. The highest BCUT2D eigenvalue weighted by atomic mass is 35.5. The van der Waals surface area contributed by atoms with Gasteiger partial charge < -0.3 is 10.4 Å². The third-order valence-corrected chi connectivity index (χ3v) is 3.16. The van der Waals surface area contributed by atoms with E-state index in [9.17, 15) is 4.79 Å². The third-order valence-electron chi connectivity index (χ3n) is 2.90. The molecule has 1 heterocycles. The summed E-state index contributed by atoms with van der Waals surface area (Å²) in [7, 11) is 0. The van der Waals surface area contributed by atoms with Crippen LogP contribution in [0.25, 0.3) is 11.0 Å². The van der Waals surface area contributed by atoms with E-state index in [1.807, 2.05) is 24.3 Å². The van der Waals surface area contributed by atoms with Gasteiger partial charge in [0.05, 0.1) is 16.6 Å². The van der Waals surface area contributed by atoms with Gasteiger partial charge in [0.25, 0.3) is 0 Å². The topological polar surface area (TPSA) is 75.1 Å². The zero-order chi connectivity index (χ0) is 14.8. The standard InChI is InChI=1S/C15H10ClN3O2/c16-13-14(19-12-7-2-1-6-11(12)18-13)17-10-5-3-4-9(8-10)15(20)21/h1-8H,(H,17,19)(H,20,21). The Balaban J connectivity index is 1.99.